The second-order valence-electron chi connectivity index (χ2n) is 12.5. The predicted octanol–water partition coefficient (Wildman–Crippen LogP) is 10.9. The maximum absolute atomic E-state index is 13.3. The lowest BCUT2D eigenvalue weighted by Gasteiger charge is -2.21. The van der Waals surface area contributed by atoms with Crippen LogP contribution in [-0.2, 0) is 37.3 Å². The summed E-state index contributed by atoms with van der Waals surface area (Å²) in [6, 6.07) is 10.7. The Balaban J connectivity index is 2.30. The van der Waals surface area contributed by atoms with Gasteiger partial charge in [0.05, 0.1) is 7.11 Å². The third-order valence-electron chi connectivity index (χ3n) is 8.82. The van der Waals surface area contributed by atoms with Crippen LogP contribution in [0.2, 0.25) is 0 Å². The van der Waals surface area contributed by atoms with E-state index in [0.29, 0.717) is 24.0 Å². The Morgan fingerprint density at radius 1 is 0.578 bits per heavy atom. The second-order valence-corrected chi connectivity index (χ2v) is 15.6. The van der Waals surface area contributed by atoms with Gasteiger partial charge >= 0.3 is 0 Å². The van der Waals surface area contributed by atoms with Gasteiger partial charge in [-0.3, -0.25) is 8.74 Å². The summed E-state index contributed by atoms with van der Waals surface area (Å²) in [6.45, 7) is 4.45. The Labute approximate surface area is 275 Å². The van der Waals surface area contributed by atoms with Crippen LogP contribution in [0.15, 0.2) is 46.2 Å². The van der Waals surface area contributed by atoms with E-state index in [2.05, 4.69) is 13.8 Å². The molecule has 0 radical (unpaired) electrons. The van der Waals surface area contributed by atoms with E-state index < -0.39 is 30.0 Å². The van der Waals surface area contributed by atoms with E-state index in [-0.39, 0.29) is 5.56 Å². The highest BCUT2D eigenvalue weighted by Gasteiger charge is 2.34. The van der Waals surface area contributed by atoms with Crippen LogP contribution in [0.25, 0.3) is 11.1 Å². The Hall–Kier alpha value is -1.74. The molecule has 8 heteroatoms. The van der Waals surface area contributed by atoms with Crippen LogP contribution in [0.4, 0.5) is 0 Å². The van der Waals surface area contributed by atoms with Crippen LogP contribution >= 0.6 is 0 Å². The molecule has 0 spiro atoms. The smallest absolute Gasteiger partial charge is 0.282 e. The molecule has 0 fully saturated rings. The van der Waals surface area contributed by atoms with Gasteiger partial charge in [-0.05, 0) is 48.4 Å². The summed E-state index contributed by atoms with van der Waals surface area (Å²) in [7, 11) is -8.32. The molecule has 0 aliphatic heterocycles. The molecule has 0 atom stereocenters. The van der Waals surface area contributed by atoms with Gasteiger partial charge in [0.1, 0.15) is 9.79 Å². The lowest BCUT2D eigenvalue weighted by molar-refractivity contribution is 0.394. The van der Waals surface area contributed by atoms with Crippen LogP contribution in [0.1, 0.15) is 153 Å². The van der Waals surface area contributed by atoms with E-state index in [1.807, 2.05) is 12.1 Å². The fourth-order valence-corrected chi connectivity index (χ4v) is 8.73. The van der Waals surface area contributed by atoms with Gasteiger partial charge in [0.15, 0.2) is 0 Å². The first-order valence-corrected chi connectivity index (χ1v) is 20.5. The van der Waals surface area contributed by atoms with E-state index >= 15 is 0 Å². The molecule has 1 N–H and O–H groups in total. The molecule has 0 aromatic heterocycles. The van der Waals surface area contributed by atoms with E-state index in [1.54, 1.807) is 24.3 Å². The first kappa shape index (κ1) is 39.4. The van der Waals surface area contributed by atoms with Crippen molar-refractivity contribution in [2.75, 3.05) is 7.11 Å². The van der Waals surface area contributed by atoms with Gasteiger partial charge in [-0.2, -0.15) is 16.8 Å². The summed E-state index contributed by atoms with van der Waals surface area (Å²) in [5.41, 5.74) is 2.03. The van der Waals surface area contributed by atoms with Crippen molar-refractivity contribution < 1.29 is 25.6 Å². The molecule has 2 rings (SSSR count). The molecule has 0 saturated carbocycles. The third kappa shape index (κ3) is 14.3. The van der Waals surface area contributed by atoms with Crippen molar-refractivity contribution in [1.82, 2.24) is 0 Å². The Kier molecular flexibility index (Phi) is 19.2. The second kappa shape index (κ2) is 21.9. The van der Waals surface area contributed by atoms with Crippen molar-refractivity contribution in [3.8, 4) is 11.1 Å². The quantitative estimate of drug-likeness (QED) is 0.0610. The summed E-state index contributed by atoms with van der Waals surface area (Å²) in [6.07, 6.45) is 24.3. The molecule has 0 saturated heterocycles. The van der Waals surface area contributed by atoms with Crippen molar-refractivity contribution in [3.05, 3.63) is 47.5 Å². The molecule has 2 aromatic carbocycles. The number of unbranched alkanes of at least 4 members (excludes halogenated alkanes) is 18. The van der Waals surface area contributed by atoms with Crippen molar-refractivity contribution >= 4 is 20.2 Å². The topological polar surface area (TPSA) is 97.7 Å². The molecule has 0 aliphatic rings. The van der Waals surface area contributed by atoms with Gasteiger partial charge in [-0.1, -0.05) is 160 Å². The van der Waals surface area contributed by atoms with Gasteiger partial charge in [0.2, 0.25) is 0 Å². The SMILES string of the molecule is CCCCCCCCCCCCc1cc(-c2ccccc2)c(S(=O)(=O)OC)c(S(=O)(=O)O)c1CCCCCCCCCCCC. The summed E-state index contributed by atoms with van der Waals surface area (Å²) >= 11 is 0. The highest BCUT2D eigenvalue weighted by atomic mass is 32.2. The molecule has 256 valence electrons. The van der Waals surface area contributed by atoms with Crippen molar-refractivity contribution in [2.24, 2.45) is 0 Å². The van der Waals surface area contributed by atoms with Crippen molar-refractivity contribution in [1.29, 1.82) is 0 Å². The third-order valence-corrected chi connectivity index (χ3v) is 11.3. The predicted molar refractivity (Wildman–Crippen MR) is 187 cm³/mol. The van der Waals surface area contributed by atoms with Crippen LogP contribution in [0.5, 0.6) is 0 Å². The zero-order valence-corrected chi connectivity index (χ0v) is 30.0. The summed E-state index contributed by atoms with van der Waals surface area (Å²) in [4.78, 5) is -0.976. The molecule has 0 heterocycles. The highest BCUT2D eigenvalue weighted by Crippen LogP contribution is 2.39. The van der Waals surface area contributed by atoms with Crippen LogP contribution in [-0.4, -0.2) is 28.5 Å². The van der Waals surface area contributed by atoms with E-state index in [4.69, 9.17) is 4.18 Å². The Morgan fingerprint density at radius 3 is 1.42 bits per heavy atom. The molecule has 0 bridgehead atoms. The zero-order chi connectivity index (χ0) is 33.0. The average molecular weight is 665 g/mol. The fraction of sp³-hybridized carbons (Fsp3) is 0.676. The monoisotopic (exact) mass is 664 g/mol. The summed E-state index contributed by atoms with van der Waals surface area (Å²) in [5, 5.41) is 0. The molecular weight excluding hydrogens is 605 g/mol. The number of hydrogen-bond acceptors (Lipinski definition) is 5. The lowest BCUT2D eigenvalue weighted by atomic mass is 9.92. The first-order chi connectivity index (χ1) is 21.7. The molecule has 45 heavy (non-hydrogen) atoms. The molecule has 0 amide bonds. The minimum absolute atomic E-state index is 0.249. The van der Waals surface area contributed by atoms with Crippen LogP contribution in [0, 0.1) is 0 Å². The summed E-state index contributed by atoms with van der Waals surface area (Å²) < 4.78 is 68.1. The van der Waals surface area contributed by atoms with Crippen molar-refractivity contribution in [3.63, 3.8) is 0 Å². The maximum Gasteiger partial charge on any atom is 0.298 e. The number of aryl methyl sites for hydroxylation is 1. The van der Waals surface area contributed by atoms with Gasteiger partial charge in [-0.25, -0.2) is 0 Å². The molecule has 0 aliphatic carbocycles. The van der Waals surface area contributed by atoms with E-state index in [1.165, 1.54) is 83.5 Å². The number of rotatable bonds is 26. The fourth-order valence-electron chi connectivity index (χ4n) is 6.26. The lowest BCUT2D eigenvalue weighted by Crippen LogP contribution is -2.17. The van der Waals surface area contributed by atoms with Gasteiger partial charge in [-0.15, -0.1) is 0 Å². The van der Waals surface area contributed by atoms with Crippen molar-refractivity contribution in [2.45, 2.75) is 165 Å². The van der Waals surface area contributed by atoms with Gasteiger partial charge in [0.25, 0.3) is 20.2 Å². The normalized spacial score (nSPS) is 12.2. The minimum Gasteiger partial charge on any atom is -0.282 e. The zero-order valence-electron chi connectivity index (χ0n) is 28.3. The number of hydrogen-bond donors (Lipinski definition) is 1. The Bertz CT molecular complexity index is 1300. The minimum atomic E-state index is -4.88. The van der Waals surface area contributed by atoms with Gasteiger partial charge < -0.3 is 0 Å². The molecule has 6 nitrogen and oxygen atoms in total. The standard InChI is InChI=1S/C37H60O6S2/c1-4-6-8-10-12-14-16-18-20-23-29-33-31-35(32-27-24-22-25-28-32)37(45(41,42)43-3)36(44(38,39)40)34(33)30-26-21-19-17-15-13-11-9-7-5-2/h22,24-25,27-28,31H,4-21,23,26,29-30H2,1-3H3,(H,38,39,40). The van der Waals surface area contributed by atoms with E-state index in [9.17, 15) is 21.4 Å². The molecular formula is C37H60O6S2. The Morgan fingerprint density at radius 2 is 1.00 bits per heavy atom. The van der Waals surface area contributed by atoms with Crippen LogP contribution in [0.3, 0.4) is 0 Å². The largest absolute Gasteiger partial charge is 0.298 e. The molecule has 0 unspecified atom stereocenters. The highest BCUT2D eigenvalue weighted by molar-refractivity contribution is 7.89. The molecule has 2 aromatic rings. The van der Waals surface area contributed by atoms with Crippen LogP contribution < -0.4 is 0 Å². The first-order valence-electron chi connectivity index (χ1n) is 17.7. The average Bonchev–Trinajstić information content (AvgIpc) is 3.02. The van der Waals surface area contributed by atoms with Gasteiger partial charge in [0, 0.05) is 5.56 Å². The summed E-state index contributed by atoms with van der Waals surface area (Å²) in [5.74, 6) is 0. The maximum atomic E-state index is 13.3. The van der Waals surface area contributed by atoms with E-state index in [0.717, 1.165) is 57.6 Å². The number of benzene rings is 2.